The van der Waals surface area contributed by atoms with Gasteiger partial charge >= 0.3 is 5.76 Å². The summed E-state index contributed by atoms with van der Waals surface area (Å²) >= 11 is 0. The predicted octanol–water partition coefficient (Wildman–Crippen LogP) is 3.99. The van der Waals surface area contributed by atoms with Crippen LogP contribution in [0.3, 0.4) is 0 Å². The molecular weight excluding hydrogens is 439 g/mol. The van der Waals surface area contributed by atoms with Gasteiger partial charge < -0.3 is 18.8 Å². The van der Waals surface area contributed by atoms with Crippen LogP contribution in [0, 0.1) is 11.7 Å². The Morgan fingerprint density at radius 2 is 1.88 bits per heavy atom. The zero-order valence-corrected chi connectivity index (χ0v) is 19.1. The number of piperidine rings is 1. The topological polar surface area (TPSA) is 73.9 Å². The molecule has 0 radical (unpaired) electrons. The average molecular weight is 469 g/mol. The number of fused-ring (bicyclic) bond motifs is 1. The number of rotatable bonds is 6. The van der Waals surface area contributed by atoms with E-state index >= 15 is 0 Å². The Kier molecular flexibility index (Phi) is 6.41. The van der Waals surface area contributed by atoms with Gasteiger partial charge in [-0.15, -0.1) is 0 Å². The molecule has 1 unspecified atom stereocenters. The average Bonchev–Trinajstić information content (AvgIpc) is 3.16. The summed E-state index contributed by atoms with van der Waals surface area (Å²) in [6.45, 7) is 2.51. The minimum absolute atomic E-state index is 0.0208. The number of likely N-dealkylation sites (tertiary alicyclic amines) is 1. The molecule has 2 fully saturated rings. The second-order valence-corrected chi connectivity index (χ2v) is 9.28. The maximum absolute atomic E-state index is 13.0. The summed E-state index contributed by atoms with van der Waals surface area (Å²) in [7, 11) is 0. The number of hydrogen-bond donors (Lipinski definition) is 0. The van der Waals surface area contributed by atoms with Crippen LogP contribution in [0.1, 0.15) is 32.1 Å². The molecule has 0 aliphatic carbocycles. The van der Waals surface area contributed by atoms with Gasteiger partial charge in [0.15, 0.2) is 5.58 Å². The molecule has 1 amide bonds. The number of halogens is 1. The fourth-order valence-corrected chi connectivity index (χ4v) is 5.16. The van der Waals surface area contributed by atoms with Crippen molar-refractivity contribution in [2.75, 3.05) is 26.3 Å². The predicted molar refractivity (Wildman–Crippen MR) is 124 cm³/mol. The van der Waals surface area contributed by atoms with Gasteiger partial charge in [0.05, 0.1) is 17.7 Å². The van der Waals surface area contributed by atoms with E-state index in [9.17, 15) is 14.0 Å². The van der Waals surface area contributed by atoms with Crippen molar-refractivity contribution in [3.05, 3.63) is 64.9 Å². The van der Waals surface area contributed by atoms with Crippen molar-refractivity contribution >= 4 is 17.0 Å². The Morgan fingerprint density at radius 1 is 1.12 bits per heavy atom. The highest BCUT2D eigenvalue weighted by molar-refractivity contribution is 5.79. The third-order valence-corrected chi connectivity index (χ3v) is 7.10. The highest BCUT2D eigenvalue weighted by atomic mass is 19.1. The Hall–Kier alpha value is -3.13. The lowest BCUT2D eigenvalue weighted by molar-refractivity contribution is -0.148. The number of ether oxygens (including phenoxy) is 2. The summed E-state index contributed by atoms with van der Waals surface area (Å²) in [6, 6.07) is 13.2. The number of para-hydroxylation sites is 2. The molecule has 5 rings (SSSR count). The van der Waals surface area contributed by atoms with E-state index in [2.05, 4.69) is 0 Å². The lowest BCUT2D eigenvalue weighted by atomic mass is 9.78. The first-order chi connectivity index (χ1) is 16.5. The van der Waals surface area contributed by atoms with E-state index in [-0.39, 0.29) is 23.9 Å². The van der Waals surface area contributed by atoms with Crippen LogP contribution in [-0.2, 0) is 16.1 Å². The maximum atomic E-state index is 13.0. The Labute approximate surface area is 197 Å². The van der Waals surface area contributed by atoms with E-state index in [1.807, 2.05) is 11.0 Å². The monoisotopic (exact) mass is 468 g/mol. The number of carbonyl (C=O) groups excluding carboxylic acids is 1. The first-order valence-electron chi connectivity index (χ1n) is 11.9. The van der Waals surface area contributed by atoms with Crippen molar-refractivity contribution in [2.24, 2.45) is 5.92 Å². The zero-order chi connectivity index (χ0) is 23.5. The van der Waals surface area contributed by atoms with Crippen LogP contribution >= 0.6 is 0 Å². The van der Waals surface area contributed by atoms with Gasteiger partial charge in [0.25, 0.3) is 0 Å². The third-order valence-electron chi connectivity index (χ3n) is 7.10. The first-order valence-corrected chi connectivity index (χ1v) is 11.9. The van der Waals surface area contributed by atoms with Crippen molar-refractivity contribution < 1.29 is 23.1 Å². The van der Waals surface area contributed by atoms with Crippen molar-refractivity contribution in [2.45, 2.75) is 44.2 Å². The summed E-state index contributed by atoms with van der Waals surface area (Å²) in [5, 5.41) is 0. The number of nitrogens with zero attached hydrogens (tertiary/aromatic N) is 2. The molecule has 2 aromatic carbocycles. The molecule has 1 spiro atoms. The van der Waals surface area contributed by atoms with E-state index in [4.69, 9.17) is 13.9 Å². The van der Waals surface area contributed by atoms with Gasteiger partial charge in [0.2, 0.25) is 5.91 Å². The van der Waals surface area contributed by atoms with E-state index in [1.54, 1.807) is 30.3 Å². The highest BCUT2D eigenvalue weighted by Crippen LogP contribution is 2.39. The number of hydrogen-bond acceptors (Lipinski definition) is 5. The molecule has 180 valence electrons. The SMILES string of the molecule is O=C(Cn1c(=O)oc2ccccc21)N1CCC2(CC1)CC(CCOc1ccc(F)cc1)CCO2. The number of benzene rings is 2. The van der Waals surface area contributed by atoms with E-state index in [0.29, 0.717) is 49.1 Å². The lowest BCUT2D eigenvalue weighted by Gasteiger charge is -2.46. The molecule has 2 aliphatic heterocycles. The fraction of sp³-hybridized carbons (Fsp3) is 0.462. The van der Waals surface area contributed by atoms with Crippen molar-refractivity contribution in [3.63, 3.8) is 0 Å². The van der Waals surface area contributed by atoms with Crippen molar-refractivity contribution in [1.29, 1.82) is 0 Å². The molecule has 0 bridgehead atoms. The van der Waals surface area contributed by atoms with Gasteiger partial charge in [-0.2, -0.15) is 0 Å². The van der Waals surface area contributed by atoms with Crippen molar-refractivity contribution in [3.8, 4) is 5.75 Å². The summed E-state index contributed by atoms with van der Waals surface area (Å²) in [4.78, 5) is 27.0. The van der Waals surface area contributed by atoms with E-state index in [1.165, 1.54) is 16.7 Å². The zero-order valence-electron chi connectivity index (χ0n) is 19.1. The van der Waals surface area contributed by atoms with Gasteiger partial charge in [-0.1, -0.05) is 12.1 Å². The second kappa shape index (κ2) is 9.62. The van der Waals surface area contributed by atoms with Gasteiger partial charge in [-0.25, -0.2) is 9.18 Å². The molecule has 7 nitrogen and oxygen atoms in total. The fourth-order valence-electron chi connectivity index (χ4n) is 5.16. The highest BCUT2D eigenvalue weighted by Gasteiger charge is 2.41. The van der Waals surface area contributed by atoms with Gasteiger partial charge in [-0.3, -0.25) is 9.36 Å². The Balaban J connectivity index is 1.13. The lowest BCUT2D eigenvalue weighted by Crippen LogP contribution is -2.51. The van der Waals surface area contributed by atoms with Crippen molar-refractivity contribution in [1.82, 2.24) is 9.47 Å². The van der Waals surface area contributed by atoms with Crippen LogP contribution in [0.25, 0.3) is 11.1 Å². The van der Waals surface area contributed by atoms with Gasteiger partial charge in [-0.05, 0) is 74.4 Å². The molecular formula is C26H29FN2O5. The number of oxazole rings is 1. The molecule has 8 heteroatoms. The number of carbonyl (C=O) groups is 1. The van der Waals surface area contributed by atoms with Crippen LogP contribution in [0.2, 0.25) is 0 Å². The smallest absolute Gasteiger partial charge is 0.420 e. The van der Waals surface area contributed by atoms with Crippen LogP contribution in [-0.4, -0.2) is 47.3 Å². The molecule has 3 heterocycles. The molecule has 2 aliphatic rings. The van der Waals surface area contributed by atoms with E-state index < -0.39 is 5.76 Å². The van der Waals surface area contributed by atoms with Gasteiger partial charge in [0, 0.05) is 19.7 Å². The normalized spacial score (nSPS) is 20.0. The Bertz CT molecular complexity index is 1190. The number of amides is 1. The molecule has 1 atom stereocenters. The quantitative estimate of drug-likeness (QED) is 0.547. The standard InChI is InChI=1S/C26H29FN2O5/c27-20-5-7-21(8-6-20)32-15-9-19-10-16-33-26(17-19)11-13-28(14-12-26)24(30)18-29-22-3-1-2-4-23(22)34-25(29)31/h1-8,19H,9-18H2. The first kappa shape index (κ1) is 22.7. The summed E-state index contributed by atoms with van der Waals surface area (Å²) in [6.07, 6.45) is 4.44. The largest absolute Gasteiger partial charge is 0.494 e. The Morgan fingerprint density at radius 3 is 2.68 bits per heavy atom. The van der Waals surface area contributed by atoms with Crippen LogP contribution in [0.4, 0.5) is 4.39 Å². The summed E-state index contributed by atoms with van der Waals surface area (Å²) < 4.78 is 31.7. The molecule has 0 N–H and O–H groups in total. The molecule has 3 aromatic rings. The van der Waals surface area contributed by atoms with Crippen LogP contribution < -0.4 is 10.5 Å². The van der Waals surface area contributed by atoms with Crippen LogP contribution in [0.15, 0.2) is 57.7 Å². The molecule has 0 saturated carbocycles. The number of aromatic nitrogens is 1. The summed E-state index contributed by atoms with van der Waals surface area (Å²) in [5.41, 5.74) is 0.924. The molecule has 34 heavy (non-hydrogen) atoms. The molecule has 1 aromatic heterocycles. The third kappa shape index (κ3) is 4.87. The minimum atomic E-state index is -0.510. The van der Waals surface area contributed by atoms with Crippen LogP contribution in [0.5, 0.6) is 5.75 Å². The van der Waals surface area contributed by atoms with Gasteiger partial charge in [0.1, 0.15) is 18.1 Å². The second-order valence-electron chi connectivity index (χ2n) is 9.28. The molecule has 2 saturated heterocycles. The minimum Gasteiger partial charge on any atom is -0.494 e. The summed E-state index contributed by atoms with van der Waals surface area (Å²) in [5.74, 6) is 0.313. The maximum Gasteiger partial charge on any atom is 0.420 e. The van der Waals surface area contributed by atoms with E-state index in [0.717, 1.165) is 32.1 Å².